The van der Waals surface area contributed by atoms with Crippen LogP contribution in [-0.2, 0) is 4.74 Å². The van der Waals surface area contributed by atoms with Crippen LogP contribution in [0.15, 0.2) is 24.3 Å². The van der Waals surface area contributed by atoms with Crippen LogP contribution in [-0.4, -0.2) is 58.6 Å². The van der Waals surface area contributed by atoms with Crippen molar-refractivity contribution in [3.63, 3.8) is 0 Å². The minimum atomic E-state index is -1.37. The molecule has 6 nitrogen and oxygen atoms in total. The molecule has 1 aromatic rings. The van der Waals surface area contributed by atoms with Crippen LogP contribution in [0.4, 0.5) is 0 Å². The number of aliphatic hydroxyl groups is 4. The minimum Gasteiger partial charge on any atom is -0.497 e. The van der Waals surface area contributed by atoms with Crippen molar-refractivity contribution in [1.29, 1.82) is 0 Å². The number of rotatable bonds is 3. The van der Waals surface area contributed by atoms with Crippen molar-refractivity contribution in [3.8, 4) is 5.75 Å². The van der Waals surface area contributed by atoms with Gasteiger partial charge in [0.05, 0.1) is 13.7 Å². The van der Waals surface area contributed by atoms with Crippen molar-refractivity contribution >= 4 is 0 Å². The number of benzene rings is 1. The van der Waals surface area contributed by atoms with E-state index in [0.717, 1.165) is 0 Å². The van der Waals surface area contributed by atoms with E-state index in [-0.39, 0.29) is 0 Å². The Bertz CT molecular complexity index is 421. The van der Waals surface area contributed by atoms with E-state index in [1.807, 2.05) is 0 Å². The highest BCUT2D eigenvalue weighted by Gasteiger charge is 2.43. The zero-order valence-electron chi connectivity index (χ0n) is 10.5. The Hall–Kier alpha value is -1.18. The molecular weight excluding hydrogens is 252 g/mol. The monoisotopic (exact) mass is 270 g/mol. The summed E-state index contributed by atoms with van der Waals surface area (Å²) in [6, 6.07) is 6.87. The maximum Gasteiger partial charge on any atom is 0.119 e. The first kappa shape index (κ1) is 14.2. The van der Waals surface area contributed by atoms with Gasteiger partial charge in [0.1, 0.15) is 36.3 Å². The first-order valence-corrected chi connectivity index (χ1v) is 6.03. The van der Waals surface area contributed by atoms with Gasteiger partial charge in [-0.3, -0.25) is 0 Å². The standard InChI is InChI=1S/C13H18O6/c1-18-8-4-2-3-7(5-8)13-12(17)11(16)10(15)9(6-14)19-13/h2-5,9-17H,6H2,1H3. The first-order chi connectivity index (χ1) is 9.08. The maximum atomic E-state index is 9.98. The van der Waals surface area contributed by atoms with Crippen LogP contribution in [0.25, 0.3) is 0 Å². The molecular formula is C13H18O6. The van der Waals surface area contributed by atoms with Gasteiger partial charge in [-0.25, -0.2) is 0 Å². The number of hydrogen-bond donors (Lipinski definition) is 4. The molecule has 1 heterocycles. The van der Waals surface area contributed by atoms with Gasteiger partial charge in [-0.1, -0.05) is 12.1 Å². The lowest BCUT2D eigenvalue weighted by Gasteiger charge is -2.40. The lowest BCUT2D eigenvalue weighted by atomic mass is 9.91. The molecule has 1 aliphatic heterocycles. The van der Waals surface area contributed by atoms with E-state index in [2.05, 4.69) is 0 Å². The van der Waals surface area contributed by atoms with Crippen molar-refractivity contribution in [2.24, 2.45) is 0 Å². The highest BCUT2D eigenvalue weighted by molar-refractivity contribution is 5.31. The number of ether oxygens (including phenoxy) is 2. The normalized spacial score (nSPS) is 35.1. The van der Waals surface area contributed by atoms with E-state index in [1.54, 1.807) is 24.3 Å². The van der Waals surface area contributed by atoms with E-state index in [0.29, 0.717) is 11.3 Å². The SMILES string of the molecule is COc1cccc(C2OC(CO)C(O)C(O)C2O)c1. The molecule has 5 unspecified atom stereocenters. The predicted octanol–water partition coefficient (Wildman–Crippen LogP) is -0.790. The Labute approximate surface area is 110 Å². The quantitative estimate of drug-likeness (QED) is 0.574. The Morgan fingerprint density at radius 1 is 1.16 bits per heavy atom. The van der Waals surface area contributed by atoms with Crippen molar-refractivity contribution in [1.82, 2.24) is 0 Å². The fraction of sp³-hybridized carbons (Fsp3) is 0.538. The summed E-state index contributed by atoms with van der Waals surface area (Å²) in [4.78, 5) is 0. The van der Waals surface area contributed by atoms with Crippen LogP contribution in [0.3, 0.4) is 0 Å². The molecule has 0 aliphatic carbocycles. The molecule has 19 heavy (non-hydrogen) atoms. The second kappa shape index (κ2) is 5.85. The Morgan fingerprint density at radius 3 is 2.53 bits per heavy atom. The van der Waals surface area contributed by atoms with Crippen molar-refractivity contribution in [3.05, 3.63) is 29.8 Å². The molecule has 0 bridgehead atoms. The van der Waals surface area contributed by atoms with Crippen LogP contribution in [0.2, 0.25) is 0 Å². The van der Waals surface area contributed by atoms with E-state index in [9.17, 15) is 15.3 Å². The summed E-state index contributed by atoms with van der Waals surface area (Å²) < 4.78 is 10.5. The molecule has 1 aliphatic rings. The summed E-state index contributed by atoms with van der Waals surface area (Å²) in [6.07, 6.45) is -5.73. The highest BCUT2D eigenvalue weighted by Crippen LogP contribution is 2.33. The van der Waals surface area contributed by atoms with Crippen LogP contribution >= 0.6 is 0 Å². The van der Waals surface area contributed by atoms with Gasteiger partial charge in [0.2, 0.25) is 0 Å². The second-order valence-corrected chi connectivity index (χ2v) is 4.53. The zero-order valence-corrected chi connectivity index (χ0v) is 10.5. The van der Waals surface area contributed by atoms with Gasteiger partial charge in [-0.05, 0) is 17.7 Å². The molecule has 0 radical (unpaired) electrons. The average molecular weight is 270 g/mol. The molecule has 1 aromatic carbocycles. The Balaban J connectivity index is 2.26. The summed E-state index contributed by atoms with van der Waals surface area (Å²) in [6.45, 7) is -0.439. The number of hydrogen-bond acceptors (Lipinski definition) is 6. The predicted molar refractivity (Wildman–Crippen MR) is 65.7 cm³/mol. The van der Waals surface area contributed by atoms with Gasteiger partial charge < -0.3 is 29.9 Å². The van der Waals surface area contributed by atoms with Gasteiger partial charge in [-0.15, -0.1) is 0 Å². The Morgan fingerprint density at radius 2 is 1.89 bits per heavy atom. The van der Waals surface area contributed by atoms with Gasteiger partial charge in [0, 0.05) is 0 Å². The molecule has 106 valence electrons. The van der Waals surface area contributed by atoms with Crippen LogP contribution in [0.5, 0.6) is 5.75 Å². The summed E-state index contributed by atoms with van der Waals surface area (Å²) in [5.74, 6) is 0.592. The molecule has 0 amide bonds. The molecule has 4 N–H and O–H groups in total. The third-order valence-corrected chi connectivity index (χ3v) is 3.31. The third-order valence-electron chi connectivity index (χ3n) is 3.31. The smallest absolute Gasteiger partial charge is 0.119 e. The number of aliphatic hydroxyl groups excluding tert-OH is 4. The topological polar surface area (TPSA) is 99.4 Å². The highest BCUT2D eigenvalue weighted by atomic mass is 16.5. The summed E-state index contributed by atoms with van der Waals surface area (Å²) >= 11 is 0. The van der Waals surface area contributed by atoms with Gasteiger partial charge in [0.25, 0.3) is 0 Å². The molecule has 0 saturated carbocycles. The summed E-state index contributed by atoms with van der Waals surface area (Å²) in [7, 11) is 1.52. The summed E-state index contributed by atoms with van der Waals surface area (Å²) in [5.41, 5.74) is 0.608. The third kappa shape index (κ3) is 2.72. The molecule has 2 rings (SSSR count). The molecule has 5 atom stereocenters. The fourth-order valence-corrected chi connectivity index (χ4v) is 2.20. The van der Waals surface area contributed by atoms with Gasteiger partial charge >= 0.3 is 0 Å². The van der Waals surface area contributed by atoms with Crippen molar-refractivity contribution in [2.45, 2.75) is 30.5 Å². The molecule has 0 spiro atoms. The minimum absolute atomic E-state index is 0.439. The van der Waals surface area contributed by atoms with Crippen molar-refractivity contribution in [2.75, 3.05) is 13.7 Å². The summed E-state index contributed by atoms with van der Waals surface area (Å²) in [5, 5.41) is 38.5. The molecule has 0 aromatic heterocycles. The van der Waals surface area contributed by atoms with E-state index in [1.165, 1.54) is 7.11 Å². The fourth-order valence-electron chi connectivity index (χ4n) is 2.20. The average Bonchev–Trinajstić information content (AvgIpc) is 2.45. The molecule has 1 saturated heterocycles. The second-order valence-electron chi connectivity index (χ2n) is 4.53. The van der Waals surface area contributed by atoms with Crippen LogP contribution < -0.4 is 4.74 Å². The lowest BCUT2D eigenvalue weighted by molar-refractivity contribution is -0.231. The van der Waals surface area contributed by atoms with Crippen molar-refractivity contribution < 1.29 is 29.9 Å². The van der Waals surface area contributed by atoms with E-state index in [4.69, 9.17) is 14.6 Å². The van der Waals surface area contributed by atoms with E-state index >= 15 is 0 Å². The van der Waals surface area contributed by atoms with Crippen LogP contribution in [0.1, 0.15) is 11.7 Å². The maximum absolute atomic E-state index is 9.98. The van der Waals surface area contributed by atoms with Gasteiger partial charge in [-0.2, -0.15) is 0 Å². The van der Waals surface area contributed by atoms with Crippen LogP contribution in [0, 0.1) is 0 Å². The molecule has 1 fully saturated rings. The zero-order chi connectivity index (χ0) is 14.0. The number of methoxy groups -OCH3 is 1. The van der Waals surface area contributed by atoms with Gasteiger partial charge in [0.15, 0.2) is 0 Å². The van der Waals surface area contributed by atoms with E-state index < -0.39 is 37.1 Å². The molecule has 6 heteroatoms. The largest absolute Gasteiger partial charge is 0.497 e. The lowest BCUT2D eigenvalue weighted by Crippen LogP contribution is -2.55. The first-order valence-electron chi connectivity index (χ1n) is 6.03. The Kier molecular flexibility index (Phi) is 4.38.